The number of nitrogens with one attached hydrogen (secondary N) is 1. The number of hydrogen-bond acceptors (Lipinski definition) is 4. The smallest absolute Gasteiger partial charge is 0.236 e. The van der Waals surface area contributed by atoms with E-state index in [1.807, 2.05) is 0 Å². The topological polar surface area (TPSA) is 80.9 Å². The third-order valence-electron chi connectivity index (χ3n) is 2.77. The molecule has 0 unspecified atom stereocenters. The fraction of sp³-hybridized carbons (Fsp3) is 0.375. The van der Waals surface area contributed by atoms with Crippen molar-refractivity contribution in [1.29, 1.82) is 0 Å². The van der Waals surface area contributed by atoms with Crippen molar-refractivity contribution >= 4 is 17.5 Å². The number of nitrogens with zero attached hydrogens (tertiary/aromatic N) is 2. The van der Waals surface area contributed by atoms with Crippen molar-refractivity contribution in [2.45, 2.75) is 18.3 Å². The molecule has 5 heteroatoms. The minimum absolute atomic E-state index is 0.0229. The number of rotatable bonds is 0. The Kier molecular flexibility index (Phi) is 0.951. The Morgan fingerprint density at radius 1 is 1.46 bits per heavy atom. The lowest BCUT2D eigenvalue weighted by Gasteiger charge is -2.04. The van der Waals surface area contributed by atoms with E-state index in [-0.39, 0.29) is 11.3 Å². The number of carbonyl (C=O) groups is 1. The minimum atomic E-state index is -0.374. The van der Waals surface area contributed by atoms with Crippen LogP contribution in [0.4, 0.5) is 11.6 Å². The zero-order chi connectivity index (χ0) is 9.05. The summed E-state index contributed by atoms with van der Waals surface area (Å²) in [4.78, 5) is 19.4. The summed E-state index contributed by atoms with van der Waals surface area (Å²) in [6.45, 7) is 0. The Hall–Kier alpha value is -1.65. The first-order valence-corrected chi connectivity index (χ1v) is 4.16. The third kappa shape index (κ3) is 0.649. The molecule has 0 saturated heterocycles. The van der Waals surface area contributed by atoms with E-state index in [1.54, 1.807) is 0 Å². The monoisotopic (exact) mass is 176 g/mol. The molecule has 0 atom stereocenters. The van der Waals surface area contributed by atoms with Crippen LogP contribution in [0.2, 0.25) is 0 Å². The van der Waals surface area contributed by atoms with Gasteiger partial charge in [0.1, 0.15) is 18.0 Å². The molecule has 5 nitrogen and oxygen atoms in total. The van der Waals surface area contributed by atoms with Gasteiger partial charge in [-0.05, 0) is 12.8 Å². The van der Waals surface area contributed by atoms with Gasteiger partial charge in [0, 0.05) is 0 Å². The van der Waals surface area contributed by atoms with Gasteiger partial charge in [-0.1, -0.05) is 0 Å². The standard InChI is InChI=1S/C8H8N4O/c9-5-4-6(11-3-10-5)12-7(13)8(4)1-2-8/h3H,1-2H2,(H3,9,10,11,12,13). The molecule has 1 aromatic rings. The second kappa shape index (κ2) is 1.81. The molecule has 2 aliphatic rings. The first kappa shape index (κ1) is 6.82. The lowest BCUT2D eigenvalue weighted by atomic mass is 10.0. The van der Waals surface area contributed by atoms with Crippen molar-refractivity contribution in [3.63, 3.8) is 0 Å². The van der Waals surface area contributed by atoms with E-state index < -0.39 is 0 Å². The van der Waals surface area contributed by atoms with E-state index in [9.17, 15) is 4.79 Å². The molecule has 3 rings (SSSR count). The highest BCUT2D eigenvalue weighted by molar-refractivity contribution is 6.08. The van der Waals surface area contributed by atoms with Crippen LogP contribution in [0.5, 0.6) is 0 Å². The van der Waals surface area contributed by atoms with Gasteiger partial charge >= 0.3 is 0 Å². The van der Waals surface area contributed by atoms with E-state index in [1.165, 1.54) is 6.33 Å². The van der Waals surface area contributed by atoms with Crippen LogP contribution >= 0.6 is 0 Å². The average molecular weight is 176 g/mol. The van der Waals surface area contributed by atoms with Crippen LogP contribution in [-0.2, 0) is 10.2 Å². The van der Waals surface area contributed by atoms with E-state index in [4.69, 9.17) is 5.73 Å². The molecule has 1 amide bonds. The molecule has 66 valence electrons. The quantitative estimate of drug-likeness (QED) is 0.585. The summed E-state index contributed by atoms with van der Waals surface area (Å²) in [6, 6.07) is 0. The number of aromatic nitrogens is 2. The Morgan fingerprint density at radius 2 is 2.23 bits per heavy atom. The van der Waals surface area contributed by atoms with Crippen LogP contribution in [0.1, 0.15) is 18.4 Å². The van der Waals surface area contributed by atoms with Gasteiger partial charge in [-0.15, -0.1) is 0 Å². The number of anilines is 2. The predicted octanol–water partition coefficient (Wildman–Crippen LogP) is 0.0425. The number of amides is 1. The molecule has 0 radical (unpaired) electrons. The Bertz CT molecular complexity index is 411. The van der Waals surface area contributed by atoms with Crippen LogP contribution < -0.4 is 11.1 Å². The lowest BCUT2D eigenvalue weighted by molar-refractivity contribution is -0.117. The molecule has 3 N–H and O–H groups in total. The van der Waals surface area contributed by atoms with E-state index in [0.29, 0.717) is 11.6 Å². The van der Waals surface area contributed by atoms with Gasteiger partial charge in [-0.2, -0.15) is 0 Å². The highest BCUT2D eigenvalue weighted by Gasteiger charge is 2.58. The van der Waals surface area contributed by atoms with Gasteiger partial charge in [-0.3, -0.25) is 4.79 Å². The van der Waals surface area contributed by atoms with Gasteiger partial charge in [0.05, 0.1) is 11.0 Å². The molecular formula is C8H8N4O. The van der Waals surface area contributed by atoms with Gasteiger partial charge in [0.2, 0.25) is 5.91 Å². The summed E-state index contributed by atoms with van der Waals surface area (Å²) in [7, 11) is 0. The summed E-state index contributed by atoms with van der Waals surface area (Å²) < 4.78 is 0. The fourth-order valence-electron chi connectivity index (χ4n) is 1.91. The predicted molar refractivity (Wildman–Crippen MR) is 46.0 cm³/mol. The summed E-state index contributed by atoms with van der Waals surface area (Å²) in [5.74, 6) is 1.05. The van der Waals surface area contributed by atoms with Crippen molar-refractivity contribution in [2.24, 2.45) is 0 Å². The number of nitrogen functional groups attached to an aromatic ring is 1. The van der Waals surface area contributed by atoms with Gasteiger partial charge in [-0.25, -0.2) is 9.97 Å². The largest absolute Gasteiger partial charge is 0.383 e. The first-order valence-electron chi connectivity index (χ1n) is 4.16. The number of hydrogen-bond donors (Lipinski definition) is 2. The molecule has 1 saturated carbocycles. The van der Waals surface area contributed by atoms with Crippen LogP contribution in [0.25, 0.3) is 0 Å². The van der Waals surface area contributed by atoms with E-state index >= 15 is 0 Å². The molecular weight excluding hydrogens is 168 g/mol. The van der Waals surface area contributed by atoms with Crippen LogP contribution in [0, 0.1) is 0 Å². The highest BCUT2D eigenvalue weighted by atomic mass is 16.2. The second-order valence-electron chi connectivity index (χ2n) is 3.52. The average Bonchev–Trinajstić information content (AvgIpc) is 2.79. The first-order chi connectivity index (χ1) is 6.24. The molecule has 1 fully saturated rings. The summed E-state index contributed by atoms with van der Waals surface area (Å²) in [5, 5.41) is 2.72. The maximum absolute atomic E-state index is 11.5. The Morgan fingerprint density at radius 3 is 2.92 bits per heavy atom. The van der Waals surface area contributed by atoms with Gasteiger partial charge in [0.25, 0.3) is 0 Å². The second-order valence-corrected chi connectivity index (χ2v) is 3.52. The summed E-state index contributed by atoms with van der Waals surface area (Å²) in [5.41, 5.74) is 6.14. The molecule has 1 spiro atoms. The molecule has 1 aliphatic heterocycles. The lowest BCUT2D eigenvalue weighted by Crippen LogP contribution is -2.19. The highest BCUT2D eigenvalue weighted by Crippen LogP contribution is 2.55. The number of nitrogens with two attached hydrogens (primary N) is 1. The maximum atomic E-state index is 11.5. The molecule has 1 aliphatic carbocycles. The van der Waals surface area contributed by atoms with Crippen molar-refractivity contribution in [1.82, 2.24) is 9.97 Å². The number of carbonyl (C=O) groups excluding carboxylic acids is 1. The summed E-state index contributed by atoms with van der Waals surface area (Å²) in [6.07, 6.45) is 3.10. The number of fused-ring (bicyclic) bond motifs is 2. The van der Waals surface area contributed by atoms with Crippen molar-refractivity contribution in [3.05, 3.63) is 11.9 Å². The van der Waals surface area contributed by atoms with Crippen molar-refractivity contribution in [3.8, 4) is 0 Å². The third-order valence-corrected chi connectivity index (χ3v) is 2.77. The van der Waals surface area contributed by atoms with E-state index in [0.717, 1.165) is 18.4 Å². The molecule has 0 aromatic carbocycles. The Balaban J connectivity index is 2.30. The van der Waals surface area contributed by atoms with Crippen LogP contribution in [-0.4, -0.2) is 15.9 Å². The molecule has 2 heterocycles. The SMILES string of the molecule is Nc1ncnc2c1C1(CC1)C(=O)N2. The Labute approximate surface area is 74.4 Å². The maximum Gasteiger partial charge on any atom is 0.236 e. The summed E-state index contributed by atoms with van der Waals surface area (Å²) >= 11 is 0. The zero-order valence-electron chi connectivity index (χ0n) is 6.87. The van der Waals surface area contributed by atoms with Crippen LogP contribution in [0.15, 0.2) is 6.33 Å². The minimum Gasteiger partial charge on any atom is -0.383 e. The van der Waals surface area contributed by atoms with Gasteiger partial charge < -0.3 is 11.1 Å². The van der Waals surface area contributed by atoms with Crippen LogP contribution in [0.3, 0.4) is 0 Å². The van der Waals surface area contributed by atoms with Crippen molar-refractivity contribution < 1.29 is 4.79 Å². The normalized spacial score (nSPS) is 21.4. The van der Waals surface area contributed by atoms with E-state index in [2.05, 4.69) is 15.3 Å². The van der Waals surface area contributed by atoms with Crippen molar-refractivity contribution in [2.75, 3.05) is 11.1 Å². The fourth-order valence-corrected chi connectivity index (χ4v) is 1.91. The zero-order valence-corrected chi connectivity index (χ0v) is 6.87. The molecule has 1 aromatic heterocycles. The molecule has 13 heavy (non-hydrogen) atoms. The molecule has 0 bridgehead atoms. The van der Waals surface area contributed by atoms with Gasteiger partial charge in [0.15, 0.2) is 0 Å².